The SMILES string of the molecule is C=CC(=O)N1CCCC(Nc2nc(Nc3ccc(N4CCOCC4)c(Cl)c3)c3c(c2F)CNC3=O)C1. The number of rotatable bonds is 6. The van der Waals surface area contributed by atoms with Crippen molar-refractivity contribution in [3.05, 3.63) is 52.8 Å². The molecule has 0 saturated carbocycles. The van der Waals surface area contributed by atoms with Crippen LogP contribution in [0.1, 0.15) is 28.8 Å². The molecule has 3 aliphatic rings. The van der Waals surface area contributed by atoms with Crippen LogP contribution in [0.25, 0.3) is 0 Å². The van der Waals surface area contributed by atoms with Crippen molar-refractivity contribution in [2.75, 3.05) is 54.9 Å². The first kappa shape index (κ1) is 24.3. The summed E-state index contributed by atoms with van der Waals surface area (Å²) >= 11 is 6.58. The summed E-state index contributed by atoms with van der Waals surface area (Å²) in [4.78, 5) is 32.9. The predicted octanol–water partition coefficient (Wildman–Crippen LogP) is 3.29. The summed E-state index contributed by atoms with van der Waals surface area (Å²) in [6, 6.07) is 5.35. The molecule has 2 amide bonds. The van der Waals surface area contributed by atoms with Crippen LogP contribution in [0.5, 0.6) is 0 Å². The van der Waals surface area contributed by atoms with Crippen molar-refractivity contribution in [3.8, 4) is 0 Å². The van der Waals surface area contributed by atoms with E-state index in [1.807, 2.05) is 12.1 Å². The van der Waals surface area contributed by atoms with Crippen molar-refractivity contribution in [2.24, 2.45) is 0 Å². The molecule has 0 aliphatic carbocycles. The molecular formula is C25H28ClFN6O3. The molecule has 1 aromatic carbocycles. The van der Waals surface area contributed by atoms with Crippen LogP contribution in [0.4, 0.5) is 27.4 Å². The average molecular weight is 515 g/mol. The number of carbonyl (C=O) groups excluding carboxylic acids is 2. The van der Waals surface area contributed by atoms with Gasteiger partial charge in [0.2, 0.25) is 5.91 Å². The Morgan fingerprint density at radius 1 is 1.28 bits per heavy atom. The van der Waals surface area contributed by atoms with Gasteiger partial charge >= 0.3 is 0 Å². The minimum Gasteiger partial charge on any atom is -0.378 e. The van der Waals surface area contributed by atoms with Crippen LogP contribution in [0, 0.1) is 5.82 Å². The number of ether oxygens (including phenoxy) is 1. The van der Waals surface area contributed by atoms with Gasteiger partial charge in [-0.15, -0.1) is 0 Å². The normalized spacial score (nSPS) is 19.5. The summed E-state index contributed by atoms with van der Waals surface area (Å²) in [6.45, 7) is 7.48. The third kappa shape index (κ3) is 4.83. The highest BCUT2D eigenvalue weighted by Gasteiger charge is 2.31. The Kier molecular flexibility index (Phi) is 6.97. The van der Waals surface area contributed by atoms with E-state index in [4.69, 9.17) is 16.3 Å². The number of nitrogens with one attached hydrogen (secondary N) is 3. The van der Waals surface area contributed by atoms with E-state index >= 15 is 4.39 Å². The number of nitrogens with zero attached hydrogens (tertiary/aromatic N) is 3. The molecule has 0 radical (unpaired) electrons. The van der Waals surface area contributed by atoms with E-state index in [9.17, 15) is 9.59 Å². The number of anilines is 4. The first-order valence-corrected chi connectivity index (χ1v) is 12.4. The van der Waals surface area contributed by atoms with Crippen LogP contribution in [-0.4, -0.2) is 67.1 Å². The highest BCUT2D eigenvalue weighted by Crippen LogP contribution is 2.35. The molecule has 0 spiro atoms. The van der Waals surface area contributed by atoms with Crippen LogP contribution in [-0.2, 0) is 16.1 Å². The molecule has 2 fully saturated rings. The minimum atomic E-state index is -0.568. The zero-order valence-electron chi connectivity index (χ0n) is 19.8. The maximum absolute atomic E-state index is 15.4. The van der Waals surface area contributed by atoms with Gasteiger partial charge in [-0.1, -0.05) is 18.2 Å². The third-order valence-electron chi connectivity index (χ3n) is 6.70. The number of likely N-dealkylation sites (tertiary alicyclic amines) is 1. The Bertz CT molecular complexity index is 1200. The van der Waals surface area contributed by atoms with Crippen molar-refractivity contribution < 1.29 is 18.7 Å². The van der Waals surface area contributed by atoms with E-state index in [-0.39, 0.29) is 47.2 Å². The van der Waals surface area contributed by atoms with Crippen molar-refractivity contribution in [2.45, 2.75) is 25.4 Å². The monoisotopic (exact) mass is 514 g/mol. The van der Waals surface area contributed by atoms with Crippen molar-refractivity contribution >= 4 is 46.4 Å². The van der Waals surface area contributed by atoms with Crippen LogP contribution >= 0.6 is 11.6 Å². The summed E-state index contributed by atoms with van der Waals surface area (Å²) in [5, 5.41) is 9.55. The summed E-state index contributed by atoms with van der Waals surface area (Å²) in [5.41, 5.74) is 1.97. The summed E-state index contributed by atoms with van der Waals surface area (Å²) in [7, 11) is 0. The second-order valence-electron chi connectivity index (χ2n) is 9.02. The Morgan fingerprint density at radius 3 is 2.83 bits per heavy atom. The number of pyridine rings is 1. The topological polar surface area (TPSA) is 98.8 Å². The van der Waals surface area contributed by atoms with Gasteiger partial charge in [0.1, 0.15) is 5.82 Å². The van der Waals surface area contributed by atoms with Gasteiger partial charge in [-0.2, -0.15) is 0 Å². The number of hydrogen-bond donors (Lipinski definition) is 3. The number of carbonyl (C=O) groups is 2. The van der Waals surface area contributed by atoms with Crippen LogP contribution in [0.15, 0.2) is 30.9 Å². The number of hydrogen-bond acceptors (Lipinski definition) is 7. The zero-order chi connectivity index (χ0) is 25.2. The Morgan fingerprint density at radius 2 is 2.08 bits per heavy atom. The van der Waals surface area contributed by atoms with Gasteiger partial charge in [0.25, 0.3) is 5.91 Å². The van der Waals surface area contributed by atoms with Crippen LogP contribution in [0.2, 0.25) is 5.02 Å². The Balaban J connectivity index is 1.41. The highest BCUT2D eigenvalue weighted by atomic mass is 35.5. The molecule has 0 bridgehead atoms. The van der Waals surface area contributed by atoms with E-state index in [0.717, 1.165) is 31.6 Å². The minimum absolute atomic E-state index is 0.0432. The second-order valence-corrected chi connectivity index (χ2v) is 9.43. The molecular weight excluding hydrogens is 487 g/mol. The fourth-order valence-corrected chi connectivity index (χ4v) is 5.17. The van der Waals surface area contributed by atoms with Gasteiger partial charge in [-0.25, -0.2) is 9.37 Å². The lowest BCUT2D eigenvalue weighted by Gasteiger charge is -2.33. The Labute approximate surface area is 213 Å². The first-order valence-electron chi connectivity index (χ1n) is 12.0. The largest absolute Gasteiger partial charge is 0.378 e. The number of fused-ring (bicyclic) bond motifs is 1. The molecule has 9 nitrogen and oxygen atoms in total. The number of halogens is 2. The van der Waals surface area contributed by atoms with E-state index in [1.165, 1.54) is 6.08 Å². The number of piperidine rings is 1. The lowest BCUT2D eigenvalue weighted by Crippen LogP contribution is -2.44. The fourth-order valence-electron chi connectivity index (χ4n) is 4.87. The third-order valence-corrected chi connectivity index (χ3v) is 7.00. The van der Waals surface area contributed by atoms with Gasteiger partial charge < -0.3 is 30.5 Å². The van der Waals surface area contributed by atoms with Crippen molar-refractivity contribution in [1.82, 2.24) is 15.2 Å². The van der Waals surface area contributed by atoms with Gasteiger partial charge in [-0.3, -0.25) is 9.59 Å². The predicted molar refractivity (Wildman–Crippen MR) is 137 cm³/mol. The molecule has 190 valence electrons. The molecule has 4 heterocycles. The number of amides is 2. The van der Waals surface area contributed by atoms with E-state index < -0.39 is 5.82 Å². The molecule has 2 saturated heterocycles. The fraction of sp³-hybridized carbons (Fsp3) is 0.400. The smallest absolute Gasteiger partial charge is 0.255 e. The van der Waals surface area contributed by atoms with Gasteiger partial charge in [0, 0.05) is 50.0 Å². The molecule has 11 heteroatoms. The number of morpholine rings is 1. The average Bonchev–Trinajstić information content (AvgIpc) is 3.29. The van der Waals surface area contributed by atoms with E-state index in [2.05, 4.69) is 32.4 Å². The lowest BCUT2D eigenvalue weighted by atomic mass is 10.0. The standard InChI is InChI=1S/C25H28ClFN6O3/c1-2-20(34)33-7-3-4-16(14-33)30-24-22(27)17-13-28-25(35)21(17)23(31-24)29-15-5-6-19(18(26)12-15)32-8-10-36-11-9-32/h2,5-6,12,16H,1,3-4,7-11,13-14H2,(H,28,35)(H2,29,30,31). The quantitative estimate of drug-likeness (QED) is 0.509. The van der Waals surface area contributed by atoms with E-state index in [1.54, 1.807) is 11.0 Å². The number of benzene rings is 1. The lowest BCUT2D eigenvalue weighted by molar-refractivity contribution is -0.127. The molecule has 36 heavy (non-hydrogen) atoms. The molecule has 5 rings (SSSR count). The van der Waals surface area contributed by atoms with E-state index in [0.29, 0.717) is 37.0 Å². The van der Waals surface area contributed by atoms with Crippen LogP contribution in [0.3, 0.4) is 0 Å². The molecule has 2 aromatic rings. The molecule has 1 unspecified atom stereocenters. The highest BCUT2D eigenvalue weighted by molar-refractivity contribution is 6.33. The second kappa shape index (κ2) is 10.3. The van der Waals surface area contributed by atoms with Crippen molar-refractivity contribution in [3.63, 3.8) is 0 Å². The molecule has 1 aromatic heterocycles. The summed E-state index contributed by atoms with van der Waals surface area (Å²) in [6.07, 6.45) is 2.83. The Hall–Kier alpha value is -3.37. The summed E-state index contributed by atoms with van der Waals surface area (Å²) < 4.78 is 20.8. The maximum Gasteiger partial charge on any atom is 0.255 e. The molecule has 3 N–H and O–H groups in total. The molecule has 3 aliphatic heterocycles. The summed E-state index contributed by atoms with van der Waals surface area (Å²) in [5.74, 6) is -0.822. The van der Waals surface area contributed by atoms with Gasteiger partial charge in [0.05, 0.1) is 29.5 Å². The van der Waals surface area contributed by atoms with Crippen LogP contribution < -0.4 is 20.9 Å². The number of aromatic nitrogens is 1. The van der Waals surface area contributed by atoms with Crippen molar-refractivity contribution in [1.29, 1.82) is 0 Å². The zero-order valence-corrected chi connectivity index (χ0v) is 20.5. The maximum atomic E-state index is 15.4. The van der Waals surface area contributed by atoms with Gasteiger partial charge in [0.15, 0.2) is 11.6 Å². The molecule has 1 atom stereocenters. The first-order chi connectivity index (χ1) is 17.4. The van der Waals surface area contributed by atoms with Gasteiger partial charge in [-0.05, 0) is 37.1 Å².